The molecule has 0 radical (unpaired) electrons. The molecule has 0 bridgehead atoms. The molecule has 1 aliphatic heterocycles. The van der Waals surface area contributed by atoms with Crippen LogP contribution < -0.4 is 9.64 Å². The maximum absolute atomic E-state index is 6.40. The molecule has 0 N–H and O–H groups in total. The van der Waals surface area contributed by atoms with Crippen molar-refractivity contribution in [2.75, 3.05) is 4.90 Å². The number of aryl methyl sites for hydroxylation is 4. The van der Waals surface area contributed by atoms with E-state index in [1.165, 1.54) is 0 Å². The topological polar surface area (TPSA) is 135 Å². The second-order valence-electron chi connectivity index (χ2n) is 16.4. The molecule has 4 aromatic carbocycles. The highest BCUT2D eigenvalue weighted by atomic mass is 16.5. The molecule has 0 fully saturated rings. The smallest absolute Gasteiger partial charge is 0.159 e. The molecule has 0 saturated carbocycles. The number of ether oxygens (including phenoxy) is 1. The van der Waals surface area contributed by atoms with Gasteiger partial charge in [-0.2, -0.15) is 0 Å². The van der Waals surface area contributed by atoms with E-state index < -0.39 is 0 Å². The zero-order chi connectivity index (χ0) is 44.2. The predicted molar refractivity (Wildman–Crippen MR) is 257 cm³/mol. The highest BCUT2D eigenvalue weighted by molar-refractivity contribution is 6.07. The van der Waals surface area contributed by atoms with Crippen molar-refractivity contribution in [3.05, 3.63) is 152 Å². The van der Waals surface area contributed by atoms with Gasteiger partial charge in [-0.25, -0.2) is 39.9 Å². The molecule has 0 saturated heterocycles. The van der Waals surface area contributed by atoms with Gasteiger partial charge in [0.1, 0.15) is 45.4 Å². The zero-order valence-corrected chi connectivity index (χ0v) is 36.2. The summed E-state index contributed by atoms with van der Waals surface area (Å²) in [6.45, 7) is 0. The number of hydrogen-bond donors (Lipinski definition) is 0. The van der Waals surface area contributed by atoms with Crippen LogP contribution in [0.25, 0.3) is 101 Å². The number of anilines is 3. The number of pyridine rings is 4. The predicted octanol–water partition coefficient (Wildman–Crippen LogP) is 10.7. The van der Waals surface area contributed by atoms with Gasteiger partial charge < -0.3 is 27.9 Å². The Morgan fingerprint density at radius 1 is 0.379 bits per heavy atom. The third-order valence-corrected chi connectivity index (χ3v) is 12.6. The van der Waals surface area contributed by atoms with Crippen LogP contribution in [0.15, 0.2) is 152 Å². The molecule has 0 aliphatic carbocycles. The van der Waals surface area contributed by atoms with Crippen LogP contribution in [-0.4, -0.2) is 58.1 Å². The summed E-state index contributed by atoms with van der Waals surface area (Å²) in [6.07, 6.45) is 7.19. The van der Waals surface area contributed by atoms with E-state index in [4.69, 9.17) is 44.6 Å². The summed E-state index contributed by atoms with van der Waals surface area (Å²) in [6, 6.07) is 42.8. The van der Waals surface area contributed by atoms with Gasteiger partial charge in [0.05, 0.1) is 11.4 Å². The number of imidazole rings is 4. The lowest BCUT2D eigenvalue weighted by Gasteiger charge is -2.33. The van der Waals surface area contributed by atoms with Crippen molar-refractivity contribution in [2.24, 2.45) is 28.2 Å². The lowest BCUT2D eigenvalue weighted by atomic mass is 9.85. The van der Waals surface area contributed by atoms with E-state index in [1.807, 2.05) is 122 Å². The maximum atomic E-state index is 6.40. The Labute approximate surface area is 376 Å². The van der Waals surface area contributed by atoms with Crippen molar-refractivity contribution >= 4 is 61.7 Å². The molecule has 14 nitrogen and oxygen atoms in total. The molecular weight excluding hydrogens is 823 g/mol. The summed E-state index contributed by atoms with van der Waals surface area (Å²) in [7, 11) is 8.05. The number of hydrogen-bond acceptors (Lipinski definition) is 10. The molecule has 12 aromatic rings. The molecule has 316 valence electrons. The van der Waals surface area contributed by atoms with Crippen LogP contribution in [0.2, 0.25) is 0 Å². The SMILES string of the molecule is Cn1c(-c2cc(-c3nc4cccnc4n3C)c(-c3nc4cccnc4n3C)c(-c3ccc(N4c5ccccc5Oc5ccccc54)cc3)c2-c2nc3cccnc3n2C)nc2cccnc21. The number of rotatable bonds is 6. The Bertz CT molecular complexity index is 3710. The molecule has 0 amide bonds. The van der Waals surface area contributed by atoms with Crippen molar-refractivity contribution in [1.82, 2.24) is 58.1 Å². The molecule has 9 heterocycles. The minimum Gasteiger partial charge on any atom is -0.453 e. The van der Waals surface area contributed by atoms with E-state index in [9.17, 15) is 0 Å². The van der Waals surface area contributed by atoms with Gasteiger partial charge in [-0.3, -0.25) is 0 Å². The second-order valence-corrected chi connectivity index (χ2v) is 16.4. The molecule has 66 heavy (non-hydrogen) atoms. The van der Waals surface area contributed by atoms with E-state index in [1.54, 1.807) is 24.8 Å². The van der Waals surface area contributed by atoms with Crippen LogP contribution in [-0.2, 0) is 28.2 Å². The Kier molecular flexibility index (Phi) is 8.09. The van der Waals surface area contributed by atoms with Crippen molar-refractivity contribution in [1.29, 1.82) is 0 Å². The Morgan fingerprint density at radius 2 is 0.758 bits per heavy atom. The standard InChI is InChI=1S/C52H37N13O/c1-61-45(57-34-13-9-25-53-47(34)61)32-29-33(46-58-35-14-10-26-54-48(35)62(46)2)44(52-60-37-16-12-28-56-50(37)64(52)4)42(43(32)51-59-36-15-11-27-55-49(36)63(51)3)30-21-23-31(24-22-30)65-38-17-5-7-19-40(38)66-41-20-8-6-18-39(41)65/h5-29H,1-4H3. The maximum Gasteiger partial charge on any atom is 0.159 e. The molecule has 14 heteroatoms. The summed E-state index contributed by atoms with van der Waals surface area (Å²) < 4.78 is 14.6. The third-order valence-electron chi connectivity index (χ3n) is 12.6. The fourth-order valence-electron chi connectivity index (χ4n) is 9.57. The van der Waals surface area contributed by atoms with Crippen LogP contribution >= 0.6 is 0 Å². The summed E-state index contributed by atoms with van der Waals surface area (Å²) in [5, 5.41) is 0. The summed E-state index contributed by atoms with van der Waals surface area (Å²) in [5.41, 5.74) is 14.0. The van der Waals surface area contributed by atoms with E-state index >= 15 is 0 Å². The summed E-state index contributed by atoms with van der Waals surface area (Å²) in [4.78, 5) is 42.9. The van der Waals surface area contributed by atoms with Crippen LogP contribution in [0, 0.1) is 0 Å². The molecule has 0 spiro atoms. The first-order valence-electron chi connectivity index (χ1n) is 21.5. The number of aromatic nitrogens is 12. The number of nitrogens with zero attached hydrogens (tertiary/aromatic N) is 13. The monoisotopic (exact) mass is 859 g/mol. The second kappa shape index (κ2) is 14.2. The molecule has 8 aromatic heterocycles. The lowest BCUT2D eigenvalue weighted by molar-refractivity contribution is 0.477. The molecular formula is C52H37N13O. The molecule has 0 atom stereocenters. The first kappa shape index (κ1) is 37.5. The lowest BCUT2D eigenvalue weighted by Crippen LogP contribution is -2.15. The normalized spacial score (nSPS) is 12.3. The number of fused-ring (bicyclic) bond motifs is 6. The van der Waals surface area contributed by atoms with Crippen molar-refractivity contribution < 1.29 is 4.74 Å². The van der Waals surface area contributed by atoms with Crippen molar-refractivity contribution in [3.8, 4) is 68.2 Å². The fourth-order valence-corrected chi connectivity index (χ4v) is 9.57. The Morgan fingerprint density at radius 3 is 1.17 bits per heavy atom. The van der Waals surface area contributed by atoms with E-state index in [-0.39, 0.29) is 0 Å². The van der Waals surface area contributed by atoms with Gasteiger partial charge in [0.15, 0.2) is 34.1 Å². The van der Waals surface area contributed by atoms with Crippen LogP contribution in [0.4, 0.5) is 17.1 Å². The van der Waals surface area contributed by atoms with Crippen LogP contribution in [0.3, 0.4) is 0 Å². The average Bonchev–Trinajstić information content (AvgIpc) is 4.09. The molecule has 1 aliphatic rings. The van der Waals surface area contributed by atoms with Gasteiger partial charge in [0.25, 0.3) is 0 Å². The quantitative estimate of drug-likeness (QED) is 0.159. The van der Waals surface area contributed by atoms with Crippen molar-refractivity contribution in [2.45, 2.75) is 0 Å². The first-order valence-corrected chi connectivity index (χ1v) is 21.5. The number of para-hydroxylation sites is 4. The van der Waals surface area contributed by atoms with Gasteiger partial charge in [0.2, 0.25) is 0 Å². The van der Waals surface area contributed by atoms with Crippen molar-refractivity contribution in [3.63, 3.8) is 0 Å². The van der Waals surface area contributed by atoms with E-state index in [0.29, 0.717) is 23.3 Å². The fraction of sp³-hybridized carbons (Fsp3) is 0.0769. The Balaban J connectivity index is 1.19. The van der Waals surface area contributed by atoms with Crippen LogP contribution in [0.1, 0.15) is 0 Å². The Hall–Kier alpha value is -9.04. The van der Waals surface area contributed by atoms with Gasteiger partial charge in [-0.05, 0) is 96.6 Å². The van der Waals surface area contributed by atoms with E-state index in [0.717, 1.165) is 107 Å². The zero-order valence-electron chi connectivity index (χ0n) is 36.2. The minimum absolute atomic E-state index is 0.699. The average molecular weight is 860 g/mol. The van der Waals surface area contributed by atoms with Gasteiger partial charge in [0, 0.05) is 86.5 Å². The summed E-state index contributed by atoms with van der Waals surface area (Å²) in [5.74, 6) is 4.36. The highest BCUT2D eigenvalue weighted by Gasteiger charge is 2.33. The van der Waals surface area contributed by atoms with Crippen LogP contribution in [0.5, 0.6) is 11.5 Å². The minimum atomic E-state index is 0.699. The van der Waals surface area contributed by atoms with E-state index in [2.05, 4.69) is 56.5 Å². The largest absolute Gasteiger partial charge is 0.453 e. The summed E-state index contributed by atoms with van der Waals surface area (Å²) >= 11 is 0. The third kappa shape index (κ3) is 5.48. The van der Waals surface area contributed by atoms with Gasteiger partial charge >= 0.3 is 0 Å². The van der Waals surface area contributed by atoms with Gasteiger partial charge in [-0.15, -0.1) is 0 Å². The molecule has 0 unspecified atom stereocenters. The number of benzene rings is 4. The molecule has 13 rings (SSSR count). The first-order chi connectivity index (χ1) is 32.4. The highest BCUT2D eigenvalue weighted by Crippen LogP contribution is 2.53. The van der Waals surface area contributed by atoms with Gasteiger partial charge in [-0.1, -0.05) is 36.4 Å².